The van der Waals surface area contributed by atoms with Gasteiger partial charge in [0.25, 0.3) is 0 Å². The van der Waals surface area contributed by atoms with Gasteiger partial charge in [-0.1, -0.05) is 0 Å². The lowest BCUT2D eigenvalue weighted by molar-refractivity contribution is 0.878. The first kappa shape index (κ1) is 7.17. The zero-order valence-corrected chi connectivity index (χ0v) is 6.98. The van der Waals surface area contributed by atoms with E-state index in [9.17, 15) is 0 Å². The minimum atomic E-state index is 1.09. The maximum atomic E-state index is 4.08. The maximum absolute atomic E-state index is 4.08. The van der Waals surface area contributed by atoms with Crippen LogP contribution in [0.4, 0.5) is 0 Å². The van der Waals surface area contributed by atoms with Gasteiger partial charge in [-0.3, -0.25) is 0 Å². The topological polar surface area (TPSA) is 43.1 Å². The van der Waals surface area contributed by atoms with Gasteiger partial charge < -0.3 is 0 Å². The largest absolute Gasteiger partial charge is 0.208 e. The summed E-state index contributed by atoms with van der Waals surface area (Å²) in [6, 6.07) is 2.00. The molecule has 2 rings (SSSR count). The van der Waals surface area contributed by atoms with Crippen molar-refractivity contribution in [1.82, 2.24) is 14.9 Å². The summed E-state index contributed by atoms with van der Waals surface area (Å²) in [5.41, 5.74) is 1.09. The predicted octanol–water partition coefficient (Wildman–Crippen LogP) is 1.22. The molecule has 0 aliphatic heterocycles. The Bertz CT molecular complexity index is 312. The molecule has 0 radical (unpaired) electrons. The summed E-state index contributed by atoms with van der Waals surface area (Å²) >= 11 is 1.65. The number of hydrogen-bond acceptors (Lipinski definition) is 4. The second-order valence-corrected chi connectivity index (χ2v) is 2.92. The number of nitrogens with zero attached hydrogens (tertiary/aromatic N) is 4. The molecule has 0 unspecified atom stereocenters. The molecule has 5 heteroatoms. The lowest BCUT2D eigenvalue weighted by Gasteiger charge is -1.85. The normalized spacial score (nSPS) is 11.0. The second-order valence-electron chi connectivity index (χ2n) is 2.14. The zero-order valence-electron chi connectivity index (χ0n) is 6.16. The Morgan fingerprint density at radius 3 is 2.92 bits per heavy atom. The molecule has 0 saturated heterocycles. The fourth-order valence-corrected chi connectivity index (χ4v) is 1.35. The van der Waals surface area contributed by atoms with Crippen molar-refractivity contribution in [2.75, 3.05) is 0 Å². The van der Waals surface area contributed by atoms with Gasteiger partial charge in [-0.25, -0.2) is 4.68 Å². The van der Waals surface area contributed by atoms with Gasteiger partial charge in [0, 0.05) is 5.56 Å². The molecular formula is C7H6N4S. The van der Waals surface area contributed by atoms with Crippen LogP contribution in [0.3, 0.4) is 0 Å². The first-order valence-corrected chi connectivity index (χ1v) is 4.30. The highest BCUT2D eigenvalue weighted by molar-refractivity contribution is 7.08. The van der Waals surface area contributed by atoms with E-state index in [1.807, 2.05) is 16.8 Å². The van der Waals surface area contributed by atoms with Crippen LogP contribution in [-0.4, -0.2) is 21.1 Å². The van der Waals surface area contributed by atoms with Crippen LogP contribution in [0.15, 0.2) is 34.6 Å². The summed E-state index contributed by atoms with van der Waals surface area (Å²) in [7, 11) is 0. The molecule has 12 heavy (non-hydrogen) atoms. The van der Waals surface area contributed by atoms with Crippen LogP contribution < -0.4 is 0 Å². The fourth-order valence-electron chi connectivity index (χ4n) is 0.737. The number of aromatic nitrogens is 3. The van der Waals surface area contributed by atoms with Crippen molar-refractivity contribution in [3.8, 4) is 0 Å². The van der Waals surface area contributed by atoms with E-state index in [1.165, 1.54) is 0 Å². The van der Waals surface area contributed by atoms with Crippen molar-refractivity contribution in [3.63, 3.8) is 0 Å². The van der Waals surface area contributed by atoms with Gasteiger partial charge in [0.15, 0.2) is 0 Å². The van der Waals surface area contributed by atoms with E-state index in [1.54, 1.807) is 34.9 Å². The molecule has 0 saturated carbocycles. The summed E-state index contributed by atoms with van der Waals surface area (Å²) < 4.78 is 1.55. The molecule has 0 atom stereocenters. The van der Waals surface area contributed by atoms with Gasteiger partial charge in [0.1, 0.15) is 12.7 Å². The standard InChI is InChI=1S/C7H6N4S/c1-2-12-4-7(1)3-10-11-5-8-9-6-11/h1-6H. The Kier molecular flexibility index (Phi) is 1.96. The minimum Gasteiger partial charge on any atom is -0.208 e. The molecule has 0 fully saturated rings. The third-order valence-electron chi connectivity index (χ3n) is 1.29. The first-order chi connectivity index (χ1) is 5.95. The van der Waals surface area contributed by atoms with Crippen molar-refractivity contribution in [2.24, 2.45) is 5.10 Å². The second kappa shape index (κ2) is 3.27. The molecule has 4 nitrogen and oxygen atoms in total. The molecule has 0 aromatic carbocycles. The van der Waals surface area contributed by atoms with Crippen LogP contribution in [-0.2, 0) is 0 Å². The molecule has 2 aromatic rings. The average Bonchev–Trinajstić information content (AvgIpc) is 2.74. The molecule has 0 N–H and O–H groups in total. The fraction of sp³-hybridized carbons (Fsp3) is 0. The Balaban J connectivity index is 2.14. The summed E-state index contributed by atoms with van der Waals surface area (Å²) in [4.78, 5) is 0. The highest BCUT2D eigenvalue weighted by Gasteiger charge is 1.86. The van der Waals surface area contributed by atoms with Gasteiger partial charge >= 0.3 is 0 Å². The zero-order chi connectivity index (χ0) is 8.23. The maximum Gasteiger partial charge on any atom is 0.141 e. The Morgan fingerprint density at radius 1 is 1.42 bits per heavy atom. The van der Waals surface area contributed by atoms with Crippen LogP contribution in [0.25, 0.3) is 0 Å². The van der Waals surface area contributed by atoms with Crippen LogP contribution in [0.2, 0.25) is 0 Å². The monoisotopic (exact) mass is 178 g/mol. The molecule has 0 bridgehead atoms. The average molecular weight is 178 g/mol. The lowest BCUT2D eigenvalue weighted by atomic mass is 10.4. The van der Waals surface area contributed by atoms with Crippen LogP contribution in [0.5, 0.6) is 0 Å². The van der Waals surface area contributed by atoms with E-state index in [0.29, 0.717) is 0 Å². The summed E-state index contributed by atoms with van der Waals surface area (Å²) in [5, 5.41) is 15.4. The van der Waals surface area contributed by atoms with Gasteiger partial charge in [-0.2, -0.15) is 16.4 Å². The smallest absolute Gasteiger partial charge is 0.141 e. The van der Waals surface area contributed by atoms with Crippen LogP contribution in [0.1, 0.15) is 5.56 Å². The first-order valence-electron chi connectivity index (χ1n) is 3.36. The van der Waals surface area contributed by atoms with E-state index in [2.05, 4.69) is 15.3 Å². The third-order valence-corrected chi connectivity index (χ3v) is 1.99. The van der Waals surface area contributed by atoms with E-state index < -0.39 is 0 Å². The number of thiophene rings is 1. The van der Waals surface area contributed by atoms with Crippen molar-refractivity contribution >= 4 is 17.6 Å². The highest BCUT2D eigenvalue weighted by Crippen LogP contribution is 2.02. The van der Waals surface area contributed by atoms with E-state index >= 15 is 0 Å². The predicted molar refractivity (Wildman–Crippen MR) is 47.3 cm³/mol. The molecular weight excluding hydrogens is 172 g/mol. The lowest BCUT2D eigenvalue weighted by Crippen LogP contribution is -1.84. The third kappa shape index (κ3) is 1.57. The Hall–Kier alpha value is -1.49. The molecule has 2 heterocycles. The minimum absolute atomic E-state index is 1.09. The molecule has 60 valence electrons. The Morgan fingerprint density at radius 2 is 2.25 bits per heavy atom. The molecule has 0 aliphatic rings. The molecule has 0 amide bonds. The van der Waals surface area contributed by atoms with Gasteiger partial charge in [0.2, 0.25) is 0 Å². The van der Waals surface area contributed by atoms with Crippen molar-refractivity contribution < 1.29 is 0 Å². The van der Waals surface area contributed by atoms with Crippen LogP contribution >= 0.6 is 11.3 Å². The number of hydrogen-bond donors (Lipinski definition) is 0. The van der Waals surface area contributed by atoms with Gasteiger partial charge in [-0.05, 0) is 16.8 Å². The van der Waals surface area contributed by atoms with Crippen molar-refractivity contribution in [1.29, 1.82) is 0 Å². The van der Waals surface area contributed by atoms with Crippen molar-refractivity contribution in [3.05, 3.63) is 35.0 Å². The van der Waals surface area contributed by atoms with Gasteiger partial charge in [-0.15, -0.1) is 10.2 Å². The van der Waals surface area contributed by atoms with Crippen LogP contribution in [0, 0.1) is 0 Å². The highest BCUT2D eigenvalue weighted by atomic mass is 32.1. The SMILES string of the molecule is C(=Nn1cnnc1)c1ccsc1. The molecule has 0 aliphatic carbocycles. The van der Waals surface area contributed by atoms with E-state index in [0.717, 1.165) is 5.56 Å². The van der Waals surface area contributed by atoms with E-state index in [4.69, 9.17) is 0 Å². The Labute approximate surface area is 73.2 Å². The molecule has 0 spiro atoms. The van der Waals surface area contributed by atoms with E-state index in [-0.39, 0.29) is 0 Å². The van der Waals surface area contributed by atoms with Crippen molar-refractivity contribution in [2.45, 2.75) is 0 Å². The number of rotatable bonds is 2. The summed E-state index contributed by atoms with van der Waals surface area (Å²) in [6.45, 7) is 0. The molecule has 2 aromatic heterocycles. The summed E-state index contributed by atoms with van der Waals surface area (Å²) in [6.07, 6.45) is 4.85. The quantitative estimate of drug-likeness (QED) is 0.649. The van der Waals surface area contributed by atoms with Gasteiger partial charge in [0.05, 0.1) is 6.21 Å². The summed E-state index contributed by atoms with van der Waals surface area (Å²) in [5.74, 6) is 0.